The van der Waals surface area contributed by atoms with Gasteiger partial charge in [-0.15, -0.1) is 0 Å². The second-order valence-electron chi connectivity index (χ2n) is 5.39. The van der Waals surface area contributed by atoms with Gasteiger partial charge in [0, 0.05) is 19.2 Å². The molecule has 0 bridgehead atoms. The van der Waals surface area contributed by atoms with Crippen LogP contribution in [0.2, 0.25) is 0 Å². The Balaban J connectivity index is 2.00. The number of carbonyl (C=O) groups excluding carboxylic acids is 1. The molecule has 0 aliphatic heterocycles. The van der Waals surface area contributed by atoms with Crippen molar-refractivity contribution in [3.8, 4) is 17.2 Å². The summed E-state index contributed by atoms with van der Waals surface area (Å²) in [5.41, 5.74) is 1.73. The molecule has 2 aromatic rings. The lowest BCUT2D eigenvalue weighted by atomic mass is 10.1. The van der Waals surface area contributed by atoms with Gasteiger partial charge in [-0.3, -0.25) is 4.79 Å². The molecule has 0 aliphatic rings. The van der Waals surface area contributed by atoms with E-state index in [1.165, 1.54) is 0 Å². The minimum atomic E-state index is -0.0514. The molecule has 128 valence electrons. The van der Waals surface area contributed by atoms with E-state index in [1.807, 2.05) is 24.3 Å². The average Bonchev–Trinajstić information content (AvgIpc) is 2.65. The number of hydrogen-bond donors (Lipinski definition) is 0. The Kier molecular flexibility index (Phi) is 6.07. The van der Waals surface area contributed by atoms with Crippen molar-refractivity contribution in [3.05, 3.63) is 53.6 Å². The molecule has 0 N–H and O–H groups in total. The lowest BCUT2D eigenvalue weighted by Gasteiger charge is -2.18. The van der Waals surface area contributed by atoms with Crippen LogP contribution in [0.25, 0.3) is 0 Å². The van der Waals surface area contributed by atoms with Crippen LogP contribution in [-0.4, -0.2) is 45.7 Å². The number of methoxy groups -OCH3 is 3. The van der Waals surface area contributed by atoms with Crippen LogP contribution in [0.1, 0.15) is 15.9 Å². The fourth-order valence-corrected chi connectivity index (χ4v) is 2.38. The molecule has 5 heteroatoms. The number of likely N-dealkylation sites (N-methyl/N-ethyl adjacent to an activating group) is 1. The van der Waals surface area contributed by atoms with Gasteiger partial charge in [0.2, 0.25) is 0 Å². The van der Waals surface area contributed by atoms with Gasteiger partial charge in [-0.1, -0.05) is 12.1 Å². The van der Waals surface area contributed by atoms with Gasteiger partial charge in [-0.25, -0.2) is 0 Å². The molecule has 0 aliphatic carbocycles. The van der Waals surface area contributed by atoms with Crippen molar-refractivity contribution in [2.45, 2.75) is 6.42 Å². The molecule has 0 atom stereocenters. The highest BCUT2D eigenvalue weighted by Crippen LogP contribution is 2.28. The highest BCUT2D eigenvalue weighted by molar-refractivity contribution is 5.94. The van der Waals surface area contributed by atoms with Crippen molar-refractivity contribution >= 4 is 5.91 Å². The van der Waals surface area contributed by atoms with Crippen LogP contribution >= 0.6 is 0 Å². The molecular formula is C19H23NO4. The fraction of sp³-hybridized carbons (Fsp3) is 0.316. The number of carbonyl (C=O) groups is 1. The molecule has 24 heavy (non-hydrogen) atoms. The van der Waals surface area contributed by atoms with Gasteiger partial charge in [0.1, 0.15) is 5.75 Å². The second kappa shape index (κ2) is 8.24. The van der Waals surface area contributed by atoms with E-state index in [0.29, 0.717) is 23.6 Å². The first kappa shape index (κ1) is 17.7. The molecule has 0 fully saturated rings. The van der Waals surface area contributed by atoms with E-state index in [-0.39, 0.29) is 5.91 Å². The van der Waals surface area contributed by atoms with Gasteiger partial charge >= 0.3 is 0 Å². The largest absolute Gasteiger partial charge is 0.497 e. The maximum absolute atomic E-state index is 12.5. The quantitative estimate of drug-likeness (QED) is 0.783. The molecule has 0 saturated carbocycles. The number of nitrogens with zero attached hydrogens (tertiary/aromatic N) is 1. The first-order chi connectivity index (χ1) is 11.6. The number of ether oxygens (including phenoxy) is 3. The summed E-state index contributed by atoms with van der Waals surface area (Å²) in [6.45, 7) is 0.625. The third-order valence-electron chi connectivity index (χ3n) is 3.87. The summed E-state index contributed by atoms with van der Waals surface area (Å²) < 4.78 is 15.6. The van der Waals surface area contributed by atoms with Crippen molar-refractivity contribution in [3.63, 3.8) is 0 Å². The molecule has 2 rings (SSSR count). The van der Waals surface area contributed by atoms with E-state index >= 15 is 0 Å². The second-order valence-corrected chi connectivity index (χ2v) is 5.39. The van der Waals surface area contributed by atoms with Crippen molar-refractivity contribution in [2.24, 2.45) is 0 Å². The van der Waals surface area contributed by atoms with Gasteiger partial charge < -0.3 is 19.1 Å². The van der Waals surface area contributed by atoms with Crippen LogP contribution < -0.4 is 14.2 Å². The molecule has 0 aromatic heterocycles. The van der Waals surface area contributed by atoms with Crippen molar-refractivity contribution in [2.75, 3.05) is 34.9 Å². The van der Waals surface area contributed by atoms with Crippen molar-refractivity contribution in [1.29, 1.82) is 0 Å². The van der Waals surface area contributed by atoms with Crippen molar-refractivity contribution < 1.29 is 19.0 Å². The number of hydrogen-bond acceptors (Lipinski definition) is 4. The highest BCUT2D eigenvalue weighted by Gasteiger charge is 2.14. The summed E-state index contributed by atoms with van der Waals surface area (Å²) in [5, 5.41) is 0. The summed E-state index contributed by atoms with van der Waals surface area (Å²) in [6, 6.07) is 13.0. The average molecular weight is 329 g/mol. The molecular weight excluding hydrogens is 306 g/mol. The van der Waals surface area contributed by atoms with Crippen LogP contribution in [0.3, 0.4) is 0 Å². The van der Waals surface area contributed by atoms with E-state index in [0.717, 1.165) is 17.7 Å². The third-order valence-corrected chi connectivity index (χ3v) is 3.87. The molecule has 0 spiro atoms. The standard InChI is InChI=1S/C19H23NO4/c1-20(12-11-14-5-8-16(22-2)9-6-14)19(21)15-7-10-17(23-3)18(13-15)24-4/h5-10,13H,11-12H2,1-4H3. The lowest BCUT2D eigenvalue weighted by molar-refractivity contribution is 0.0796. The van der Waals surface area contributed by atoms with Crippen molar-refractivity contribution in [1.82, 2.24) is 4.90 Å². The summed E-state index contributed by atoms with van der Waals surface area (Å²) in [7, 11) is 6.56. The zero-order valence-corrected chi connectivity index (χ0v) is 14.5. The summed E-state index contributed by atoms with van der Waals surface area (Å²) in [4.78, 5) is 14.2. The minimum Gasteiger partial charge on any atom is -0.497 e. The molecule has 0 heterocycles. The van der Waals surface area contributed by atoms with E-state index in [9.17, 15) is 4.79 Å². The van der Waals surface area contributed by atoms with Gasteiger partial charge in [-0.2, -0.15) is 0 Å². The Morgan fingerprint density at radius 3 is 2.17 bits per heavy atom. The SMILES string of the molecule is COc1ccc(CCN(C)C(=O)c2ccc(OC)c(OC)c2)cc1. The number of amides is 1. The van der Waals surface area contributed by atoms with Crippen LogP contribution in [0.5, 0.6) is 17.2 Å². The number of benzene rings is 2. The predicted molar refractivity (Wildman–Crippen MR) is 93.2 cm³/mol. The number of rotatable bonds is 7. The van der Waals surface area contributed by atoms with Crippen LogP contribution in [0.15, 0.2) is 42.5 Å². The summed E-state index contributed by atoms with van der Waals surface area (Å²) in [5.74, 6) is 1.93. The Bertz CT molecular complexity index is 682. The van der Waals surface area contributed by atoms with E-state index in [4.69, 9.17) is 14.2 Å². The Morgan fingerprint density at radius 2 is 1.58 bits per heavy atom. The van der Waals surface area contributed by atoms with Gasteiger partial charge in [0.25, 0.3) is 5.91 Å². The molecule has 0 saturated heterocycles. The molecule has 0 radical (unpaired) electrons. The fourth-order valence-electron chi connectivity index (χ4n) is 2.38. The first-order valence-corrected chi connectivity index (χ1v) is 7.69. The molecule has 2 aromatic carbocycles. The Hall–Kier alpha value is -2.69. The van der Waals surface area contributed by atoms with Gasteiger partial charge in [0.05, 0.1) is 21.3 Å². The third kappa shape index (κ3) is 4.19. The highest BCUT2D eigenvalue weighted by atomic mass is 16.5. The Labute approximate surface area is 142 Å². The van der Waals surface area contributed by atoms with Gasteiger partial charge in [0.15, 0.2) is 11.5 Å². The lowest BCUT2D eigenvalue weighted by Crippen LogP contribution is -2.28. The normalized spacial score (nSPS) is 10.2. The molecule has 1 amide bonds. The molecule has 0 unspecified atom stereocenters. The zero-order valence-electron chi connectivity index (χ0n) is 14.5. The van der Waals surface area contributed by atoms with Crippen LogP contribution in [0, 0.1) is 0 Å². The zero-order chi connectivity index (χ0) is 17.5. The topological polar surface area (TPSA) is 48.0 Å². The van der Waals surface area contributed by atoms with E-state index in [1.54, 1.807) is 51.5 Å². The molecule has 5 nitrogen and oxygen atoms in total. The monoisotopic (exact) mass is 329 g/mol. The summed E-state index contributed by atoms with van der Waals surface area (Å²) >= 11 is 0. The van der Waals surface area contributed by atoms with E-state index in [2.05, 4.69) is 0 Å². The Morgan fingerprint density at radius 1 is 0.917 bits per heavy atom. The smallest absolute Gasteiger partial charge is 0.253 e. The maximum atomic E-state index is 12.5. The van der Waals surface area contributed by atoms with Crippen LogP contribution in [-0.2, 0) is 6.42 Å². The first-order valence-electron chi connectivity index (χ1n) is 7.69. The van der Waals surface area contributed by atoms with E-state index < -0.39 is 0 Å². The summed E-state index contributed by atoms with van der Waals surface area (Å²) in [6.07, 6.45) is 0.777. The maximum Gasteiger partial charge on any atom is 0.253 e. The van der Waals surface area contributed by atoms with Gasteiger partial charge in [-0.05, 0) is 42.3 Å². The predicted octanol–water partition coefficient (Wildman–Crippen LogP) is 3.03. The minimum absolute atomic E-state index is 0.0514. The van der Waals surface area contributed by atoms with Crippen LogP contribution in [0.4, 0.5) is 0 Å².